The van der Waals surface area contributed by atoms with Gasteiger partial charge in [-0.3, -0.25) is 9.48 Å². The highest BCUT2D eigenvalue weighted by Gasteiger charge is 2.46. The highest BCUT2D eigenvalue weighted by atomic mass is 19.4. The lowest BCUT2D eigenvalue weighted by molar-refractivity contribution is -0.173. The maximum atomic E-state index is 13.5. The van der Waals surface area contributed by atoms with Crippen LogP contribution >= 0.6 is 0 Å². The zero-order chi connectivity index (χ0) is 20.2. The summed E-state index contributed by atoms with van der Waals surface area (Å²) in [5.74, 6) is 0.195. The number of carbonyl (C=O) groups excluding carboxylic acids is 1. The Bertz CT molecular complexity index is 902. The monoisotopic (exact) mass is 396 g/mol. The average Bonchev–Trinajstić information content (AvgIpc) is 3.29. The number of fused-ring (bicyclic) bond motifs is 1. The summed E-state index contributed by atoms with van der Waals surface area (Å²) < 4.78 is 43.1. The molecule has 10 heteroatoms. The molecule has 2 aromatic heterocycles. The Balaban J connectivity index is 1.66. The smallest absolute Gasteiger partial charge is 0.368 e. The molecule has 0 radical (unpaired) electrons. The molecule has 2 aliphatic rings. The molecule has 1 amide bonds. The van der Waals surface area contributed by atoms with Crippen LogP contribution in [-0.4, -0.2) is 49.1 Å². The van der Waals surface area contributed by atoms with Crippen LogP contribution in [0.1, 0.15) is 60.0 Å². The van der Waals surface area contributed by atoms with Gasteiger partial charge >= 0.3 is 6.18 Å². The number of carbonyl (C=O) groups is 1. The van der Waals surface area contributed by atoms with E-state index in [0.717, 1.165) is 11.1 Å². The van der Waals surface area contributed by atoms with Crippen LogP contribution in [0.25, 0.3) is 0 Å². The molecule has 4 heterocycles. The van der Waals surface area contributed by atoms with Gasteiger partial charge in [0.1, 0.15) is 5.82 Å². The molecule has 0 bridgehead atoms. The molecule has 3 atom stereocenters. The third-order valence-electron chi connectivity index (χ3n) is 5.50. The molecule has 0 spiro atoms. The van der Waals surface area contributed by atoms with E-state index >= 15 is 0 Å². The van der Waals surface area contributed by atoms with E-state index in [1.54, 1.807) is 42.7 Å². The number of nitrogens with zero attached hydrogens (tertiary/aromatic N) is 5. The Morgan fingerprint density at radius 3 is 2.71 bits per heavy atom. The Kier molecular flexibility index (Phi) is 4.39. The predicted octanol–water partition coefficient (Wildman–Crippen LogP) is 3.21. The van der Waals surface area contributed by atoms with Crippen molar-refractivity contribution in [3.05, 3.63) is 29.2 Å². The first-order valence-corrected chi connectivity index (χ1v) is 9.39. The van der Waals surface area contributed by atoms with E-state index in [9.17, 15) is 18.0 Å². The lowest BCUT2D eigenvalue weighted by atomic mass is 10.1. The van der Waals surface area contributed by atoms with E-state index in [0.29, 0.717) is 35.7 Å². The van der Waals surface area contributed by atoms with Gasteiger partial charge in [0.25, 0.3) is 5.91 Å². The molecule has 0 unspecified atom stereocenters. The van der Waals surface area contributed by atoms with Crippen LogP contribution in [0.3, 0.4) is 0 Å². The predicted molar refractivity (Wildman–Crippen MR) is 96.0 cm³/mol. The van der Waals surface area contributed by atoms with E-state index in [-0.39, 0.29) is 24.4 Å². The van der Waals surface area contributed by atoms with Crippen LogP contribution in [0.4, 0.5) is 19.0 Å². The number of anilines is 1. The summed E-state index contributed by atoms with van der Waals surface area (Å²) in [5.41, 5.74) is 1.64. The van der Waals surface area contributed by atoms with Crippen molar-refractivity contribution in [2.24, 2.45) is 7.05 Å². The first-order valence-electron chi connectivity index (χ1n) is 9.39. The summed E-state index contributed by atoms with van der Waals surface area (Å²) in [5, 5.41) is 11.6. The summed E-state index contributed by atoms with van der Waals surface area (Å²) >= 11 is 0. The summed E-state index contributed by atoms with van der Waals surface area (Å²) in [4.78, 5) is 14.7. The van der Waals surface area contributed by atoms with Crippen molar-refractivity contribution in [1.29, 1.82) is 0 Å². The molecule has 152 valence electrons. The third kappa shape index (κ3) is 3.14. The molecule has 2 aromatic rings. The lowest BCUT2D eigenvalue weighted by Gasteiger charge is -2.31. The van der Waals surface area contributed by atoms with Gasteiger partial charge in [-0.1, -0.05) is 0 Å². The van der Waals surface area contributed by atoms with E-state index < -0.39 is 12.2 Å². The van der Waals surface area contributed by atoms with Crippen molar-refractivity contribution in [2.75, 3.05) is 11.9 Å². The molecule has 0 aliphatic carbocycles. The van der Waals surface area contributed by atoms with Crippen LogP contribution < -0.4 is 5.32 Å². The molecular weight excluding hydrogens is 373 g/mol. The van der Waals surface area contributed by atoms with Crippen molar-refractivity contribution < 1.29 is 18.0 Å². The van der Waals surface area contributed by atoms with Gasteiger partial charge in [-0.25, -0.2) is 4.68 Å². The SMILES string of the molecule is Cc1nn(C)cc1C(=O)N1CCC[C@@H]1c1cc2n(n1)[C@@H](C(F)(F)F)C[C@@H](C)N2. The number of rotatable bonds is 2. The van der Waals surface area contributed by atoms with E-state index in [2.05, 4.69) is 15.5 Å². The maximum absolute atomic E-state index is 13.5. The van der Waals surface area contributed by atoms with E-state index in [1.165, 1.54) is 0 Å². The lowest BCUT2D eigenvalue weighted by Crippen LogP contribution is -2.38. The molecule has 2 aliphatic heterocycles. The molecule has 1 saturated heterocycles. The van der Waals surface area contributed by atoms with E-state index in [4.69, 9.17) is 0 Å². The van der Waals surface area contributed by atoms with Crippen molar-refractivity contribution in [1.82, 2.24) is 24.5 Å². The van der Waals surface area contributed by atoms with Gasteiger partial charge in [0, 0.05) is 31.9 Å². The van der Waals surface area contributed by atoms with Gasteiger partial charge < -0.3 is 10.2 Å². The molecule has 1 fully saturated rings. The summed E-state index contributed by atoms with van der Waals surface area (Å²) in [7, 11) is 1.75. The second kappa shape index (κ2) is 6.52. The molecule has 4 rings (SSSR count). The number of hydrogen-bond acceptors (Lipinski definition) is 4. The molecule has 7 nitrogen and oxygen atoms in total. The third-order valence-corrected chi connectivity index (χ3v) is 5.50. The Hall–Kier alpha value is -2.52. The second-order valence-corrected chi connectivity index (χ2v) is 7.70. The van der Waals surface area contributed by atoms with Crippen molar-refractivity contribution in [3.8, 4) is 0 Å². The minimum absolute atomic E-state index is 0.0696. The van der Waals surface area contributed by atoms with Crippen LogP contribution in [0.15, 0.2) is 12.3 Å². The average molecular weight is 396 g/mol. The summed E-state index contributed by atoms with van der Waals surface area (Å²) in [6.45, 7) is 4.05. The van der Waals surface area contributed by atoms with Crippen LogP contribution in [0.2, 0.25) is 0 Å². The number of halogens is 3. The van der Waals surface area contributed by atoms with Gasteiger partial charge in [0.2, 0.25) is 0 Å². The number of aryl methyl sites for hydroxylation is 2. The fourth-order valence-corrected chi connectivity index (χ4v) is 4.22. The number of nitrogens with one attached hydrogen (secondary N) is 1. The molecular formula is C18H23F3N6O. The Labute approximate surface area is 160 Å². The maximum Gasteiger partial charge on any atom is 0.410 e. The number of amides is 1. The van der Waals surface area contributed by atoms with Gasteiger partial charge in [-0.05, 0) is 33.1 Å². The van der Waals surface area contributed by atoms with Crippen LogP contribution in [0, 0.1) is 6.92 Å². The van der Waals surface area contributed by atoms with E-state index in [1.807, 2.05) is 0 Å². The van der Waals surface area contributed by atoms with Crippen molar-refractivity contribution >= 4 is 11.7 Å². The fourth-order valence-electron chi connectivity index (χ4n) is 4.22. The second-order valence-electron chi connectivity index (χ2n) is 7.70. The topological polar surface area (TPSA) is 68.0 Å². The summed E-state index contributed by atoms with van der Waals surface area (Å²) in [6.07, 6.45) is -1.31. The van der Waals surface area contributed by atoms with Crippen LogP contribution in [0.5, 0.6) is 0 Å². The van der Waals surface area contributed by atoms with Crippen molar-refractivity contribution in [3.63, 3.8) is 0 Å². The first-order chi connectivity index (χ1) is 13.1. The normalized spacial score (nSPS) is 24.9. The highest BCUT2D eigenvalue weighted by molar-refractivity contribution is 5.95. The van der Waals surface area contributed by atoms with Gasteiger partial charge in [-0.2, -0.15) is 23.4 Å². The zero-order valence-corrected chi connectivity index (χ0v) is 16.0. The number of hydrogen-bond donors (Lipinski definition) is 1. The Morgan fingerprint density at radius 1 is 1.32 bits per heavy atom. The van der Waals surface area contributed by atoms with Crippen molar-refractivity contribution in [2.45, 2.75) is 57.4 Å². The largest absolute Gasteiger partial charge is 0.410 e. The molecule has 1 N–H and O–H groups in total. The first kappa shape index (κ1) is 18.8. The Morgan fingerprint density at radius 2 is 2.07 bits per heavy atom. The van der Waals surface area contributed by atoms with Gasteiger partial charge in [0.05, 0.1) is 23.0 Å². The number of alkyl halides is 3. The zero-order valence-electron chi connectivity index (χ0n) is 16.0. The quantitative estimate of drug-likeness (QED) is 0.847. The number of aromatic nitrogens is 4. The standard InChI is InChI=1S/C18H23F3N6O/c1-10-7-15(18(19,20)21)27-16(22-10)8-13(24-27)14-5-4-6-26(14)17(28)12-9-25(3)23-11(12)2/h8-10,14-15,22H,4-7H2,1-3H3/t10-,14-,15-/m1/s1. The van der Waals surface area contributed by atoms with Gasteiger partial charge in [-0.15, -0.1) is 0 Å². The minimum Gasteiger partial charge on any atom is -0.368 e. The molecule has 0 aromatic carbocycles. The summed E-state index contributed by atoms with van der Waals surface area (Å²) in [6, 6.07) is -0.640. The molecule has 0 saturated carbocycles. The fraction of sp³-hybridized carbons (Fsp3) is 0.611. The number of likely N-dealkylation sites (tertiary alicyclic amines) is 1. The molecule has 28 heavy (non-hydrogen) atoms. The highest BCUT2D eigenvalue weighted by Crippen LogP contribution is 2.41. The van der Waals surface area contributed by atoms with Crippen LogP contribution in [-0.2, 0) is 7.05 Å². The van der Waals surface area contributed by atoms with Gasteiger partial charge in [0.15, 0.2) is 6.04 Å². The minimum atomic E-state index is -4.37.